The average molecular weight is 806 g/mol. The van der Waals surface area contributed by atoms with Crippen molar-refractivity contribution in [3.05, 3.63) is 107 Å². The first-order chi connectivity index (χ1) is 23.3. The van der Waals surface area contributed by atoms with Crippen molar-refractivity contribution in [2.24, 2.45) is 0 Å². The van der Waals surface area contributed by atoms with Crippen molar-refractivity contribution in [3.8, 4) is 22.8 Å². The van der Waals surface area contributed by atoms with Gasteiger partial charge in [-0.25, -0.2) is 0 Å². The Kier molecular flexibility index (Phi) is 4.65. The summed E-state index contributed by atoms with van der Waals surface area (Å²) in [6, 6.07) is 13.2. The van der Waals surface area contributed by atoms with Gasteiger partial charge in [-0.1, -0.05) is 0 Å². The molecule has 15 heteroatoms. The number of ether oxygens (including phenoxy) is 4. The van der Waals surface area contributed by atoms with E-state index in [1.807, 2.05) is 0 Å². The second-order valence-electron chi connectivity index (χ2n) is 12.3. The zero-order chi connectivity index (χ0) is 30.4. The summed E-state index contributed by atoms with van der Waals surface area (Å²) in [5.74, 6) is 4.39. The van der Waals surface area contributed by atoms with Crippen LogP contribution in [-0.4, -0.2) is 84.2 Å². The Hall–Kier alpha value is -5.23. The molecular weight excluding hydrogens is 783 g/mol. The standard InChI is InChI=1S/C32H22N10O4.Pt/c1-17-3-21(27-35-11-33-12-36-27)4-18(1)24-8-44-30-32-42(16-40(24)30)26(10-46-32)20-2-19(5-22(6-20)28-37-13-34-14-38-28)25-9-45-31-29-39(15-41(25)31)23(17)7-43-29;/h1-6,11-14,23-26H,7-10H2;. The molecule has 10 heterocycles. The molecule has 234 valence electrons. The van der Waals surface area contributed by atoms with Gasteiger partial charge in [0.25, 0.3) is 0 Å². The first kappa shape index (κ1) is 24.9. The summed E-state index contributed by atoms with van der Waals surface area (Å²) in [6.07, 6.45) is 6.17. The van der Waals surface area contributed by atoms with E-state index < -0.39 is 17.6 Å². The first-order valence-electron chi connectivity index (χ1n) is 15.3. The number of rotatable bonds is 2. The second kappa shape index (κ2) is 8.76. The van der Waals surface area contributed by atoms with Gasteiger partial charge >= 0.3 is 275 Å². The minimum atomic E-state index is -0.819. The third kappa shape index (κ3) is 3.18. The zero-order valence-corrected chi connectivity index (χ0v) is 26.6. The minimum absolute atomic E-state index is 0.0497. The van der Waals surface area contributed by atoms with Crippen molar-refractivity contribution in [2.75, 3.05) is 26.4 Å². The Labute approximate surface area is 274 Å². The molecular formula is C32H22N10O4Pt. The molecule has 14 nitrogen and oxygen atoms in total. The van der Waals surface area contributed by atoms with Crippen LogP contribution in [0.3, 0.4) is 0 Å². The predicted molar refractivity (Wildman–Crippen MR) is 157 cm³/mol. The van der Waals surface area contributed by atoms with E-state index in [0.29, 0.717) is 38.1 Å². The van der Waals surface area contributed by atoms with E-state index in [-0.39, 0.29) is 24.2 Å². The average Bonchev–Trinajstić information content (AvgIpc) is 3.96. The first-order valence-corrected chi connectivity index (χ1v) is 17.6. The third-order valence-electron chi connectivity index (χ3n) is 9.87. The zero-order valence-electron chi connectivity index (χ0n) is 24.3. The van der Waals surface area contributed by atoms with E-state index in [2.05, 4.69) is 85.9 Å². The van der Waals surface area contributed by atoms with Gasteiger partial charge in [0.2, 0.25) is 0 Å². The molecule has 0 aliphatic carbocycles. The molecule has 4 unspecified atom stereocenters. The number of hydrogen-bond acceptors (Lipinski definition) is 14. The molecule has 4 aromatic rings. The van der Waals surface area contributed by atoms with Crippen molar-refractivity contribution in [1.82, 2.24) is 49.5 Å². The summed E-state index contributed by atoms with van der Waals surface area (Å²) in [6.45, 7) is 2.05. The molecule has 0 saturated carbocycles. The van der Waals surface area contributed by atoms with Crippen LogP contribution in [0.4, 0.5) is 0 Å². The molecule has 4 atom stereocenters. The predicted octanol–water partition coefficient (Wildman–Crippen LogP) is 2.15. The second-order valence-corrected chi connectivity index (χ2v) is 14.9. The van der Waals surface area contributed by atoms with Crippen LogP contribution < -0.4 is 0 Å². The van der Waals surface area contributed by atoms with Gasteiger partial charge in [0.15, 0.2) is 0 Å². The van der Waals surface area contributed by atoms with Gasteiger partial charge in [0.05, 0.1) is 0 Å². The normalized spacial score (nSPS) is 26.7. The van der Waals surface area contributed by atoms with Crippen molar-refractivity contribution < 1.29 is 36.6 Å². The van der Waals surface area contributed by atoms with E-state index in [9.17, 15) is 0 Å². The van der Waals surface area contributed by atoms with Gasteiger partial charge in [-0.3, -0.25) is 0 Å². The van der Waals surface area contributed by atoms with Crippen molar-refractivity contribution in [3.63, 3.8) is 0 Å². The van der Waals surface area contributed by atoms with E-state index in [1.54, 1.807) is 25.3 Å². The molecule has 12 rings (SSSR count). The molecule has 8 aliphatic rings. The summed E-state index contributed by atoms with van der Waals surface area (Å²) >= 11 is -0.819. The SMILES string of the molecule is c1ncnc(-c2cc3cc(c2)C2COC4=C5OCC6c7cc(-c8ncncn8)cc(c7)C7COC8=C9OCC3N9[C](=[Pt]=[C](N42)N56)N87)n1. The molecule has 4 fully saturated rings. The molecule has 0 amide bonds. The molecule has 2 aromatic heterocycles. The van der Waals surface area contributed by atoms with Gasteiger partial charge in [-0.2, -0.15) is 0 Å². The van der Waals surface area contributed by atoms with Crippen LogP contribution >= 0.6 is 0 Å². The van der Waals surface area contributed by atoms with Gasteiger partial charge in [0.1, 0.15) is 0 Å². The molecule has 0 N–H and O–H groups in total. The fraction of sp³-hybridized carbons (Fsp3) is 0.250. The van der Waals surface area contributed by atoms with Crippen LogP contribution in [-0.2, 0) is 36.6 Å². The summed E-state index contributed by atoms with van der Waals surface area (Å²) in [4.78, 5) is 35.7. The number of fused-ring (bicyclic) bond motifs is 8. The van der Waals surface area contributed by atoms with Crippen LogP contribution in [0.2, 0.25) is 0 Å². The Balaban J connectivity index is 1.14. The summed E-state index contributed by atoms with van der Waals surface area (Å²) < 4.78 is 28.7. The van der Waals surface area contributed by atoms with E-state index in [0.717, 1.165) is 56.9 Å². The molecule has 2 aromatic carbocycles. The molecule has 6 bridgehead atoms. The van der Waals surface area contributed by atoms with Gasteiger partial charge < -0.3 is 0 Å². The Morgan fingerprint density at radius 1 is 0.468 bits per heavy atom. The summed E-state index contributed by atoms with van der Waals surface area (Å²) in [5, 5.41) is 0. The molecule has 47 heavy (non-hydrogen) atoms. The van der Waals surface area contributed by atoms with Crippen LogP contribution in [0.5, 0.6) is 0 Å². The Bertz CT molecular complexity index is 1970. The number of hydrogen-bond donors (Lipinski definition) is 0. The van der Waals surface area contributed by atoms with Gasteiger partial charge in [-0.05, 0) is 0 Å². The number of aromatic nitrogens is 6. The van der Waals surface area contributed by atoms with E-state index >= 15 is 0 Å². The van der Waals surface area contributed by atoms with Gasteiger partial charge in [-0.15, -0.1) is 0 Å². The molecule has 0 radical (unpaired) electrons. The van der Waals surface area contributed by atoms with Crippen LogP contribution in [0.25, 0.3) is 22.8 Å². The number of benzene rings is 2. The fourth-order valence-corrected chi connectivity index (χ4v) is 11.7. The van der Waals surface area contributed by atoms with Crippen LogP contribution in [0, 0.1) is 0 Å². The summed E-state index contributed by atoms with van der Waals surface area (Å²) in [5.41, 5.74) is 6.42. The molecule has 0 spiro atoms. The maximum absolute atomic E-state index is 6.56. The third-order valence-corrected chi connectivity index (χ3v) is 13.1. The van der Waals surface area contributed by atoms with E-state index in [4.69, 9.17) is 18.9 Å². The fourth-order valence-electron chi connectivity index (χ4n) is 7.81. The molecule has 8 aliphatic heterocycles. The van der Waals surface area contributed by atoms with Crippen LogP contribution in [0.15, 0.2) is 85.2 Å². The van der Waals surface area contributed by atoms with Crippen LogP contribution in [0.1, 0.15) is 46.4 Å². The van der Waals surface area contributed by atoms with Crippen molar-refractivity contribution in [1.29, 1.82) is 0 Å². The summed E-state index contributed by atoms with van der Waals surface area (Å²) in [7, 11) is 0. The van der Waals surface area contributed by atoms with Gasteiger partial charge in [0, 0.05) is 0 Å². The maximum atomic E-state index is 6.56. The Morgan fingerprint density at radius 2 is 0.787 bits per heavy atom. The quantitative estimate of drug-likeness (QED) is 0.294. The van der Waals surface area contributed by atoms with Crippen molar-refractivity contribution >= 4 is 8.29 Å². The number of nitrogens with zero attached hydrogens (tertiary/aromatic N) is 10. The monoisotopic (exact) mass is 805 g/mol. The molecule has 4 saturated heterocycles. The Morgan fingerprint density at radius 3 is 1.11 bits per heavy atom. The van der Waals surface area contributed by atoms with E-state index in [1.165, 1.54) is 8.29 Å². The van der Waals surface area contributed by atoms with Crippen molar-refractivity contribution in [2.45, 2.75) is 24.2 Å². The topological polar surface area (TPSA) is 127 Å².